The average Bonchev–Trinajstić information content (AvgIpc) is 2.32. The minimum Gasteiger partial charge on any atom is -0.393 e. The molecule has 0 saturated heterocycles. The van der Waals surface area contributed by atoms with Crippen molar-refractivity contribution in [3.8, 4) is 0 Å². The maximum atomic E-state index is 13.2. The smallest absolute Gasteiger partial charge is 0.159 e. The summed E-state index contributed by atoms with van der Waals surface area (Å²) in [4.78, 5) is 0. The number of aliphatic hydroxyl groups is 1. The fourth-order valence-electron chi connectivity index (χ4n) is 3.18. The summed E-state index contributed by atoms with van der Waals surface area (Å²) in [5, 5.41) is 9.95. The zero-order valence-corrected chi connectivity index (χ0v) is 10.2. The van der Waals surface area contributed by atoms with Crippen LogP contribution in [0.1, 0.15) is 44.6 Å². The van der Waals surface area contributed by atoms with Crippen molar-refractivity contribution >= 4 is 0 Å². The third-order valence-electron chi connectivity index (χ3n) is 4.48. The molecule has 94 valence electrons. The molecule has 0 aromatic heterocycles. The molecule has 2 atom stereocenters. The molecule has 2 unspecified atom stereocenters. The van der Waals surface area contributed by atoms with E-state index in [1.165, 1.54) is 12.1 Å². The van der Waals surface area contributed by atoms with Gasteiger partial charge in [0.2, 0.25) is 0 Å². The van der Waals surface area contributed by atoms with Gasteiger partial charge in [0.05, 0.1) is 6.10 Å². The SMILES string of the molecule is CCC1(CC)C(O)CC1c1ccc(F)c(F)c1. The van der Waals surface area contributed by atoms with Crippen LogP contribution in [0.4, 0.5) is 8.78 Å². The van der Waals surface area contributed by atoms with Crippen LogP contribution < -0.4 is 0 Å². The van der Waals surface area contributed by atoms with E-state index < -0.39 is 11.6 Å². The fraction of sp³-hybridized carbons (Fsp3) is 0.571. The molecular formula is C14H18F2O. The van der Waals surface area contributed by atoms with Crippen LogP contribution in [0.5, 0.6) is 0 Å². The normalized spacial score (nSPS) is 26.6. The molecule has 1 aliphatic rings. The summed E-state index contributed by atoms with van der Waals surface area (Å²) in [5.74, 6) is -1.47. The van der Waals surface area contributed by atoms with Gasteiger partial charge in [-0.3, -0.25) is 0 Å². The summed E-state index contributed by atoms with van der Waals surface area (Å²) in [6, 6.07) is 4.08. The zero-order chi connectivity index (χ0) is 12.6. The van der Waals surface area contributed by atoms with Crippen LogP contribution in [0, 0.1) is 17.0 Å². The van der Waals surface area contributed by atoms with Gasteiger partial charge in [0, 0.05) is 5.41 Å². The first-order valence-corrected chi connectivity index (χ1v) is 6.18. The molecule has 1 fully saturated rings. The molecule has 0 heterocycles. The number of benzene rings is 1. The highest BCUT2D eigenvalue weighted by Crippen LogP contribution is 2.57. The van der Waals surface area contributed by atoms with E-state index in [-0.39, 0.29) is 17.4 Å². The lowest BCUT2D eigenvalue weighted by atomic mass is 9.53. The lowest BCUT2D eigenvalue weighted by Crippen LogP contribution is -2.50. The molecule has 1 aromatic rings. The summed E-state index contributed by atoms with van der Waals surface area (Å²) >= 11 is 0. The van der Waals surface area contributed by atoms with Gasteiger partial charge in [-0.05, 0) is 42.9 Å². The van der Waals surface area contributed by atoms with E-state index in [0.29, 0.717) is 6.42 Å². The van der Waals surface area contributed by atoms with Crippen molar-refractivity contribution in [3.63, 3.8) is 0 Å². The largest absolute Gasteiger partial charge is 0.393 e. The molecule has 0 bridgehead atoms. The molecular weight excluding hydrogens is 222 g/mol. The van der Waals surface area contributed by atoms with E-state index in [4.69, 9.17) is 0 Å². The highest BCUT2D eigenvalue weighted by atomic mass is 19.2. The predicted octanol–water partition coefficient (Wildman–Crippen LogP) is 3.62. The van der Waals surface area contributed by atoms with Gasteiger partial charge in [0.15, 0.2) is 11.6 Å². The Morgan fingerprint density at radius 3 is 2.35 bits per heavy atom. The van der Waals surface area contributed by atoms with Crippen molar-refractivity contribution < 1.29 is 13.9 Å². The van der Waals surface area contributed by atoms with Gasteiger partial charge in [0.25, 0.3) is 0 Å². The van der Waals surface area contributed by atoms with E-state index in [1.807, 2.05) is 13.8 Å². The van der Waals surface area contributed by atoms with Crippen molar-refractivity contribution in [3.05, 3.63) is 35.4 Å². The van der Waals surface area contributed by atoms with Gasteiger partial charge in [-0.2, -0.15) is 0 Å². The Balaban J connectivity index is 2.32. The number of aliphatic hydroxyl groups excluding tert-OH is 1. The molecule has 0 spiro atoms. The van der Waals surface area contributed by atoms with E-state index >= 15 is 0 Å². The van der Waals surface area contributed by atoms with Crippen LogP contribution in [0.2, 0.25) is 0 Å². The highest BCUT2D eigenvalue weighted by molar-refractivity contribution is 5.28. The van der Waals surface area contributed by atoms with Gasteiger partial charge in [0.1, 0.15) is 0 Å². The number of rotatable bonds is 3. The van der Waals surface area contributed by atoms with Crippen LogP contribution in [0.3, 0.4) is 0 Å². The molecule has 1 aromatic carbocycles. The van der Waals surface area contributed by atoms with Gasteiger partial charge >= 0.3 is 0 Å². The summed E-state index contributed by atoms with van der Waals surface area (Å²) in [6.45, 7) is 4.08. The lowest BCUT2D eigenvalue weighted by molar-refractivity contribution is -0.0932. The van der Waals surface area contributed by atoms with Crippen LogP contribution in [0.15, 0.2) is 18.2 Å². The van der Waals surface area contributed by atoms with Crippen molar-refractivity contribution in [1.82, 2.24) is 0 Å². The van der Waals surface area contributed by atoms with E-state index in [1.54, 1.807) is 6.07 Å². The number of halogens is 2. The minimum atomic E-state index is -0.813. The van der Waals surface area contributed by atoms with Crippen molar-refractivity contribution in [2.24, 2.45) is 5.41 Å². The average molecular weight is 240 g/mol. The Morgan fingerprint density at radius 1 is 1.24 bits per heavy atom. The zero-order valence-electron chi connectivity index (χ0n) is 10.2. The molecule has 0 amide bonds. The van der Waals surface area contributed by atoms with Gasteiger partial charge in [-0.25, -0.2) is 8.78 Å². The van der Waals surface area contributed by atoms with Gasteiger partial charge < -0.3 is 5.11 Å². The van der Waals surface area contributed by atoms with E-state index in [2.05, 4.69) is 0 Å². The Hall–Kier alpha value is -0.960. The molecule has 1 N–H and O–H groups in total. The Kier molecular flexibility index (Phi) is 3.21. The lowest BCUT2D eigenvalue weighted by Gasteiger charge is -2.53. The second kappa shape index (κ2) is 4.37. The maximum Gasteiger partial charge on any atom is 0.159 e. The Morgan fingerprint density at radius 2 is 1.88 bits per heavy atom. The van der Waals surface area contributed by atoms with Crippen molar-refractivity contribution in [1.29, 1.82) is 0 Å². The molecule has 1 saturated carbocycles. The van der Waals surface area contributed by atoms with Gasteiger partial charge in [-0.1, -0.05) is 19.9 Å². The summed E-state index contributed by atoms with van der Waals surface area (Å²) in [7, 11) is 0. The first-order chi connectivity index (χ1) is 8.05. The predicted molar refractivity (Wildman–Crippen MR) is 62.7 cm³/mol. The molecule has 17 heavy (non-hydrogen) atoms. The Labute approximate surface area is 100 Å². The monoisotopic (exact) mass is 240 g/mol. The van der Waals surface area contributed by atoms with Crippen LogP contribution in [0.25, 0.3) is 0 Å². The van der Waals surface area contributed by atoms with Crippen LogP contribution in [-0.2, 0) is 0 Å². The number of hydrogen-bond acceptors (Lipinski definition) is 1. The number of hydrogen-bond donors (Lipinski definition) is 1. The standard InChI is InChI=1S/C14H18F2O/c1-3-14(4-2)10(8-13(14)17)9-5-6-11(15)12(16)7-9/h5-7,10,13,17H,3-4,8H2,1-2H3. The molecule has 0 radical (unpaired) electrons. The maximum absolute atomic E-state index is 13.2. The topological polar surface area (TPSA) is 20.2 Å². The third-order valence-corrected chi connectivity index (χ3v) is 4.48. The first-order valence-electron chi connectivity index (χ1n) is 6.18. The molecule has 2 rings (SSSR count). The van der Waals surface area contributed by atoms with Gasteiger partial charge in [-0.15, -0.1) is 0 Å². The summed E-state index contributed by atoms with van der Waals surface area (Å²) in [5.41, 5.74) is 0.641. The molecule has 1 aliphatic carbocycles. The van der Waals surface area contributed by atoms with Crippen LogP contribution in [-0.4, -0.2) is 11.2 Å². The second-order valence-electron chi connectivity index (χ2n) is 4.92. The van der Waals surface area contributed by atoms with E-state index in [9.17, 15) is 13.9 Å². The second-order valence-corrected chi connectivity index (χ2v) is 4.92. The minimum absolute atomic E-state index is 0.141. The van der Waals surface area contributed by atoms with E-state index in [0.717, 1.165) is 18.4 Å². The van der Waals surface area contributed by atoms with Crippen molar-refractivity contribution in [2.45, 2.75) is 45.1 Å². The quantitative estimate of drug-likeness (QED) is 0.855. The highest BCUT2D eigenvalue weighted by Gasteiger charge is 2.52. The van der Waals surface area contributed by atoms with Crippen LogP contribution >= 0.6 is 0 Å². The Bertz CT molecular complexity index is 413. The first kappa shape index (κ1) is 12.5. The fourth-order valence-corrected chi connectivity index (χ4v) is 3.18. The molecule has 0 aliphatic heterocycles. The van der Waals surface area contributed by atoms with Crippen molar-refractivity contribution in [2.75, 3.05) is 0 Å². The third kappa shape index (κ3) is 1.77. The molecule has 1 nitrogen and oxygen atoms in total. The molecule has 3 heteroatoms. The summed E-state index contributed by atoms with van der Waals surface area (Å²) in [6.07, 6.45) is 2.03. The summed E-state index contributed by atoms with van der Waals surface area (Å²) < 4.78 is 26.1.